The molecule has 2 aromatic carbocycles. The third-order valence-corrected chi connectivity index (χ3v) is 4.34. The van der Waals surface area contributed by atoms with Gasteiger partial charge in [-0.25, -0.2) is 0 Å². The van der Waals surface area contributed by atoms with Crippen molar-refractivity contribution < 1.29 is 4.79 Å². The summed E-state index contributed by atoms with van der Waals surface area (Å²) in [7, 11) is 0. The highest BCUT2D eigenvalue weighted by atomic mass is 79.9. The smallest absolute Gasteiger partial charge is 0.220 e. The van der Waals surface area contributed by atoms with Crippen LogP contribution in [0.25, 0.3) is 0 Å². The number of amides is 1. The summed E-state index contributed by atoms with van der Waals surface area (Å²) in [6, 6.07) is 15.8. The van der Waals surface area contributed by atoms with Crippen LogP contribution in [0.2, 0.25) is 0 Å². The van der Waals surface area contributed by atoms with Crippen molar-refractivity contribution in [3.05, 3.63) is 64.1 Å². The Labute approximate surface area is 140 Å². The van der Waals surface area contributed by atoms with E-state index in [2.05, 4.69) is 27.3 Å². The van der Waals surface area contributed by atoms with E-state index in [0.29, 0.717) is 12.8 Å². The summed E-state index contributed by atoms with van der Waals surface area (Å²) in [6.45, 7) is 2.02. The molecule has 0 heterocycles. The first-order valence-corrected chi connectivity index (χ1v) is 8.21. The zero-order valence-corrected chi connectivity index (χ0v) is 14.3. The maximum absolute atomic E-state index is 12.0. The lowest BCUT2D eigenvalue weighted by Crippen LogP contribution is -2.34. The van der Waals surface area contributed by atoms with Gasteiger partial charge in [-0.2, -0.15) is 0 Å². The lowest BCUT2D eigenvalue weighted by molar-refractivity contribution is -0.121. The molecular weight excluding hydrogens is 340 g/mol. The summed E-state index contributed by atoms with van der Waals surface area (Å²) in [4.78, 5) is 12.0. The van der Waals surface area contributed by atoms with E-state index >= 15 is 0 Å². The summed E-state index contributed by atoms with van der Waals surface area (Å²) in [6.07, 6.45) is 1.93. The molecule has 2 rings (SSSR count). The van der Waals surface area contributed by atoms with E-state index in [1.165, 1.54) is 5.56 Å². The van der Waals surface area contributed by atoms with E-state index < -0.39 is 0 Å². The van der Waals surface area contributed by atoms with Gasteiger partial charge in [0.15, 0.2) is 0 Å². The molecule has 0 aliphatic heterocycles. The summed E-state index contributed by atoms with van der Waals surface area (Å²) < 4.78 is 1.08. The predicted octanol–water partition coefficient (Wildman–Crippen LogP) is 3.71. The topological polar surface area (TPSA) is 55.1 Å². The van der Waals surface area contributed by atoms with E-state index in [-0.39, 0.29) is 11.9 Å². The van der Waals surface area contributed by atoms with Gasteiger partial charge in [-0.15, -0.1) is 0 Å². The average Bonchev–Trinajstić information content (AvgIpc) is 2.49. The van der Waals surface area contributed by atoms with Crippen LogP contribution < -0.4 is 11.1 Å². The molecule has 3 N–H and O–H groups in total. The zero-order valence-electron chi connectivity index (χ0n) is 12.7. The number of nitrogens with one attached hydrogen (secondary N) is 1. The Morgan fingerprint density at radius 3 is 2.45 bits per heavy atom. The number of hydrogen-bond donors (Lipinski definition) is 2. The molecule has 116 valence electrons. The van der Waals surface area contributed by atoms with Crippen molar-refractivity contribution >= 4 is 27.5 Å². The molecule has 0 fully saturated rings. The highest BCUT2D eigenvalue weighted by Gasteiger charge is 2.10. The number of benzene rings is 2. The first kappa shape index (κ1) is 16.6. The van der Waals surface area contributed by atoms with E-state index in [4.69, 9.17) is 5.73 Å². The summed E-state index contributed by atoms with van der Waals surface area (Å²) in [5.41, 5.74) is 8.86. The minimum atomic E-state index is 0.0582. The molecule has 0 aliphatic carbocycles. The molecule has 0 saturated carbocycles. The number of halogens is 1. The predicted molar refractivity (Wildman–Crippen MR) is 94.6 cm³/mol. The van der Waals surface area contributed by atoms with Gasteiger partial charge >= 0.3 is 0 Å². The Kier molecular flexibility index (Phi) is 6.01. The molecule has 22 heavy (non-hydrogen) atoms. The molecule has 0 aliphatic rings. The van der Waals surface area contributed by atoms with Crippen LogP contribution >= 0.6 is 15.9 Å². The largest absolute Gasteiger partial charge is 0.399 e. The fourth-order valence-electron chi connectivity index (χ4n) is 2.40. The lowest BCUT2D eigenvalue weighted by atomic mass is 10.1. The highest BCUT2D eigenvalue weighted by molar-refractivity contribution is 9.10. The lowest BCUT2D eigenvalue weighted by Gasteiger charge is -2.15. The quantitative estimate of drug-likeness (QED) is 0.771. The normalized spacial score (nSPS) is 11.9. The summed E-state index contributed by atoms with van der Waals surface area (Å²) in [5.74, 6) is 0.0582. The highest BCUT2D eigenvalue weighted by Crippen LogP contribution is 2.17. The Morgan fingerprint density at radius 2 is 1.77 bits per heavy atom. The van der Waals surface area contributed by atoms with Crippen LogP contribution in [-0.4, -0.2) is 11.9 Å². The average molecular weight is 361 g/mol. The number of anilines is 1. The molecule has 4 heteroatoms. The van der Waals surface area contributed by atoms with Crippen molar-refractivity contribution in [3.8, 4) is 0 Å². The number of nitrogens with two attached hydrogens (primary N) is 1. The van der Waals surface area contributed by atoms with Gasteiger partial charge in [0.05, 0.1) is 0 Å². The van der Waals surface area contributed by atoms with Gasteiger partial charge in [0, 0.05) is 22.6 Å². The van der Waals surface area contributed by atoms with Crippen molar-refractivity contribution in [1.29, 1.82) is 0 Å². The van der Waals surface area contributed by atoms with E-state index in [1.54, 1.807) is 0 Å². The number of rotatable bonds is 6. The fourth-order valence-corrected chi connectivity index (χ4v) is 2.85. The second-order valence-electron chi connectivity index (χ2n) is 5.46. The Morgan fingerprint density at radius 1 is 1.14 bits per heavy atom. The number of para-hydroxylation sites is 1. The van der Waals surface area contributed by atoms with Crippen LogP contribution in [-0.2, 0) is 17.6 Å². The van der Waals surface area contributed by atoms with Crippen LogP contribution in [0.5, 0.6) is 0 Å². The Bertz CT molecular complexity index is 642. The van der Waals surface area contributed by atoms with Crippen LogP contribution in [0.4, 0.5) is 5.69 Å². The number of aryl methyl sites for hydroxylation is 1. The van der Waals surface area contributed by atoms with Gasteiger partial charge in [-0.05, 0) is 43.0 Å². The SMILES string of the molecule is CC(Cc1ccccc1Br)NC(=O)CCc1ccccc1N. The van der Waals surface area contributed by atoms with Gasteiger partial charge in [0.25, 0.3) is 0 Å². The molecule has 1 amide bonds. The molecule has 0 radical (unpaired) electrons. The first-order chi connectivity index (χ1) is 10.6. The second kappa shape index (κ2) is 7.99. The number of hydrogen-bond acceptors (Lipinski definition) is 2. The number of carbonyl (C=O) groups is 1. The maximum atomic E-state index is 12.0. The van der Waals surface area contributed by atoms with Crippen molar-refractivity contribution in [2.24, 2.45) is 0 Å². The molecule has 3 nitrogen and oxygen atoms in total. The van der Waals surface area contributed by atoms with Crippen molar-refractivity contribution in [2.45, 2.75) is 32.2 Å². The molecule has 1 atom stereocenters. The van der Waals surface area contributed by atoms with Crippen LogP contribution in [0.3, 0.4) is 0 Å². The van der Waals surface area contributed by atoms with Crippen molar-refractivity contribution in [1.82, 2.24) is 5.32 Å². The van der Waals surface area contributed by atoms with Gasteiger partial charge in [0.2, 0.25) is 5.91 Å². The van der Waals surface area contributed by atoms with Crippen molar-refractivity contribution in [3.63, 3.8) is 0 Å². The Balaban J connectivity index is 1.82. The molecule has 0 bridgehead atoms. The third kappa shape index (κ3) is 4.88. The molecular formula is C18H21BrN2O. The van der Waals surface area contributed by atoms with Crippen LogP contribution in [0.1, 0.15) is 24.5 Å². The molecule has 0 spiro atoms. The monoisotopic (exact) mass is 360 g/mol. The van der Waals surface area contributed by atoms with Gasteiger partial charge < -0.3 is 11.1 Å². The number of carbonyl (C=O) groups excluding carboxylic acids is 1. The van der Waals surface area contributed by atoms with Gasteiger partial charge in [0.1, 0.15) is 0 Å². The Hall–Kier alpha value is -1.81. The standard InChI is InChI=1S/C18H21BrN2O/c1-13(12-15-7-2-4-8-16(15)19)21-18(22)11-10-14-6-3-5-9-17(14)20/h2-9,13H,10-12,20H2,1H3,(H,21,22). The van der Waals surface area contributed by atoms with Crippen LogP contribution in [0.15, 0.2) is 53.0 Å². The molecule has 1 unspecified atom stereocenters. The summed E-state index contributed by atoms with van der Waals surface area (Å²) >= 11 is 3.53. The second-order valence-corrected chi connectivity index (χ2v) is 6.32. The van der Waals surface area contributed by atoms with Gasteiger partial charge in [-0.3, -0.25) is 4.79 Å². The van der Waals surface area contributed by atoms with E-state index in [9.17, 15) is 4.79 Å². The molecule has 2 aromatic rings. The van der Waals surface area contributed by atoms with E-state index in [0.717, 1.165) is 22.1 Å². The minimum Gasteiger partial charge on any atom is -0.399 e. The maximum Gasteiger partial charge on any atom is 0.220 e. The first-order valence-electron chi connectivity index (χ1n) is 7.42. The zero-order chi connectivity index (χ0) is 15.9. The minimum absolute atomic E-state index is 0.0582. The van der Waals surface area contributed by atoms with Gasteiger partial charge in [-0.1, -0.05) is 52.3 Å². The molecule has 0 saturated heterocycles. The summed E-state index contributed by atoms with van der Waals surface area (Å²) in [5, 5.41) is 3.04. The third-order valence-electron chi connectivity index (χ3n) is 3.57. The van der Waals surface area contributed by atoms with E-state index in [1.807, 2.05) is 49.4 Å². The fraction of sp³-hybridized carbons (Fsp3) is 0.278. The van der Waals surface area contributed by atoms with Crippen molar-refractivity contribution in [2.75, 3.05) is 5.73 Å². The number of nitrogen functional groups attached to an aromatic ring is 1. The molecule has 0 aromatic heterocycles. The van der Waals surface area contributed by atoms with Crippen LogP contribution in [0, 0.1) is 0 Å².